The van der Waals surface area contributed by atoms with E-state index in [1.807, 2.05) is 0 Å². The zero-order valence-corrected chi connectivity index (χ0v) is 15.3. The molecule has 0 aromatic carbocycles. The summed E-state index contributed by atoms with van der Waals surface area (Å²) in [5.41, 5.74) is 10.6. The largest absolute Gasteiger partial charge is 0.480 e. The van der Waals surface area contributed by atoms with Crippen LogP contribution in [0, 0.1) is 0 Å². The molecule has 0 spiro atoms. The van der Waals surface area contributed by atoms with Crippen LogP contribution in [-0.2, 0) is 19.2 Å². The van der Waals surface area contributed by atoms with Gasteiger partial charge < -0.3 is 47.8 Å². The number of carboxylic acids is 1. The second-order valence-corrected chi connectivity index (χ2v) is 5.96. The first-order valence-electron chi connectivity index (χ1n) is 8.63. The summed E-state index contributed by atoms with van der Waals surface area (Å²) in [5, 5.41) is 42.9. The molecule has 162 valence electrons. The number of rotatable bonds is 14. The average molecular weight is 407 g/mol. The van der Waals surface area contributed by atoms with Gasteiger partial charge in [-0.05, 0) is 25.8 Å². The Morgan fingerprint density at radius 1 is 0.750 bits per heavy atom. The Kier molecular flexibility index (Phi) is 12.6. The minimum Gasteiger partial charge on any atom is -0.480 e. The third-order valence-corrected chi connectivity index (χ3v) is 3.73. The predicted octanol–water partition coefficient (Wildman–Crippen LogP) is -5.04. The maximum Gasteiger partial charge on any atom is 0.326 e. The molecule has 3 amide bonds. The van der Waals surface area contributed by atoms with Gasteiger partial charge in [-0.3, -0.25) is 14.4 Å². The quantitative estimate of drug-likeness (QED) is 0.124. The smallest absolute Gasteiger partial charge is 0.326 e. The van der Waals surface area contributed by atoms with Gasteiger partial charge in [-0.25, -0.2) is 4.79 Å². The van der Waals surface area contributed by atoms with Crippen molar-refractivity contribution in [3.63, 3.8) is 0 Å². The van der Waals surface area contributed by atoms with E-state index in [-0.39, 0.29) is 6.42 Å². The molecule has 4 atom stereocenters. The molecule has 0 aliphatic carbocycles. The number of carbonyl (C=O) groups is 4. The fourth-order valence-electron chi connectivity index (χ4n) is 2.04. The molecular formula is C15H29N5O8. The SMILES string of the molecule is NCCCCC(NC(=O)C(CO)NC(=O)C(CO)NC(=O)C(N)CO)C(=O)O. The van der Waals surface area contributed by atoms with E-state index in [0.29, 0.717) is 19.4 Å². The number of carbonyl (C=O) groups excluding carboxylic acids is 3. The van der Waals surface area contributed by atoms with Gasteiger partial charge in [0.1, 0.15) is 24.2 Å². The van der Waals surface area contributed by atoms with Crippen LogP contribution in [0.15, 0.2) is 0 Å². The Hall–Kier alpha value is -2.32. The lowest BCUT2D eigenvalue weighted by atomic mass is 10.1. The summed E-state index contributed by atoms with van der Waals surface area (Å²) < 4.78 is 0. The van der Waals surface area contributed by atoms with E-state index in [9.17, 15) is 29.4 Å². The monoisotopic (exact) mass is 407 g/mol. The van der Waals surface area contributed by atoms with Gasteiger partial charge >= 0.3 is 5.97 Å². The highest BCUT2D eigenvalue weighted by molar-refractivity contribution is 5.94. The summed E-state index contributed by atoms with van der Waals surface area (Å²) in [6.45, 7) is -2.01. The molecule has 0 aliphatic rings. The number of aliphatic carboxylic acids is 1. The topological polar surface area (TPSA) is 237 Å². The van der Waals surface area contributed by atoms with Crippen molar-refractivity contribution < 1.29 is 39.6 Å². The maximum absolute atomic E-state index is 12.2. The number of amides is 3. The number of aliphatic hydroxyl groups is 3. The molecule has 0 bridgehead atoms. The van der Waals surface area contributed by atoms with Crippen LogP contribution in [0.3, 0.4) is 0 Å². The standard InChI is InChI=1S/C15H29N5O8/c16-4-2-1-3-9(15(27)28)18-13(25)11(7-23)20-14(26)10(6-22)19-12(24)8(17)5-21/h8-11,21-23H,1-7,16-17H2,(H,18,25)(H,19,24)(H,20,26)(H,27,28). The highest BCUT2D eigenvalue weighted by Crippen LogP contribution is 2.02. The van der Waals surface area contributed by atoms with Crippen molar-refractivity contribution in [3.8, 4) is 0 Å². The fourth-order valence-corrected chi connectivity index (χ4v) is 2.04. The van der Waals surface area contributed by atoms with E-state index in [2.05, 4.69) is 16.0 Å². The maximum atomic E-state index is 12.2. The minimum absolute atomic E-state index is 0.110. The van der Waals surface area contributed by atoms with Gasteiger partial charge in [-0.15, -0.1) is 0 Å². The summed E-state index contributed by atoms with van der Waals surface area (Å²) in [6, 6.07) is -5.56. The Balaban J connectivity index is 4.89. The van der Waals surface area contributed by atoms with Crippen LogP contribution in [0.25, 0.3) is 0 Å². The van der Waals surface area contributed by atoms with Crippen molar-refractivity contribution in [2.45, 2.75) is 43.4 Å². The number of unbranched alkanes of at least 4 members (excludes halogenated alkanes) is 1. The summed E-state index contributed by atoms with van der Waals surface area (Å²) in [5.74, 6) is -4.16. The van der Waals surface area contributed by atoms with Crippen molar-refractivity contribution in [1.29, 1.82) is 0 Å². The molecule has 0 heterocycles. The van der Waals surface area contributed by atoms with Crippen molar-refractivity contribution in [2.24, 2.45) is 11.5 Å². The van der Waals surface area contributed by atoms with Gasteiger partial charge in [0.25, 0.3) is 0 Å². The first-order chi connectivity index (χ1) is 13.2. The predicted molar refractivity (Wildman–Crippen MR) is 95.6 cm³/mol. The van der Waals surface area contributed by atoms with E-state index < -0.39 is 67.7 Å². The molecule has 4 unspecified atom stereocenters. The Bertz CT molecular complexity index is 533. The molecule has 28 heavy (non-hydrogen) atoms. The molecule has 13 nitrogen and oxygen atoms in total. The number of carboxylic acid groups (broad SMARTS) is 1. The number of nitrogens with two attached hydrogens (primary N) is 2. The van der Waals surface area contributed by atoms with Crippen molar-refractivity contribution >= 4 is 23.7 Å². The molecule has 0 aromatic heterocycles. The number of hydrogen-bond donors (Lipinski definition) is 9. The summed E-state index contributed by atoms with van der Waals surface area (Å²) in [4.78, 5) is 47.1. The normalized spacial score (nSPS) is 15.0. The second-order valence-electron chi connectivity index (χ2n) is 5.96. The Morgan fingerprint density at radius 2 is 1.21 bits per heavy atom. The summed E-state index contributed by atoms with van der Waals surface area (Å²) in [6.07, 6.45) is 1.13. The first-order valence-corrected chi connectivity index (χ1v) is 8.63. The molecule has 0 aliphatic heterocycles. The van der Waals surface area contributed by atoms with Gasteiger partial charge in [-0.2, -0.15) is 0 Å². The van der Waals surface area contributed by atoms with Gasteiger partial charge in [0, 0.05) is 0 Å². The first kappa shape index (κ1) is 25.7. The third-order valence-electron chi connectivity index (χ3n) is 3.73. The van der Waals surface area contributed by atoms with Crippen molar-refractivity contribution in [1.82, 2.24) is 16.0 Å². The highest BCUT2D eigenvalue weighted by atomic mass is 16.4. The number of hydrogen-bond acceptors (Lipinski definition) is 9. The summed E-state index contributed by atoms with van der Waals surface area (Å²) >= 11 is 0. The molecule has 13 heteroatoms. The summed E-state index contributed by atoms with van der Waals surface area (Å²) in [7, 11) is 0. The van der Waals surface area contributed by atoms with Crippen LogP contribution in [0.4, 0.5) is 0 Å². The number of aliphatic hydroxyl groups excluding tert-OH is 3. The lowest BCUT2D eigenvalue weighted by molar-refractivity contribution is -0.142. The molecule has 0 saturated carbocycles. The van der Waals surface area contributed by atoms with E-state index in [4.69, 9.17) is 21.7 Å². The van der Waals surface area contributed by atoms with Crippen LogP contribution in [0.1, 0.15) is 19.3 Å². The van der Waals surface area contributed by atoms with Gasteiger partial charge in [-0.1, -0.05) is 0 Å². The average Bonchev–Trinajstić information content (AvgIpc) is 2.67. The second kappa shape index (κ2) is 13.8. The van der Waals surface area contributed by atoms with E-state index in [0.717, 1.165) is 0 Å². The zero-order chi connectivity index (χ0) is 21.7. The van der Waals surface area contributed by atoms with Crippen LogP contribution in [0.2, 0.25) is 0 Å². The van der Waals surface area contributed by atoms with Gasteiger partial charge in [0.15, 0.2) is 0 Å². The minimum atomic E-state index is -1.51. The Labute approximate surface area is 161 Å². The lowest BCUT2D eigenvalue weighted by Gasteiger charge is -2.23. The molecule has 0 radical (unpaired) electrons. The van der Waals surface area contributed by atoms with Crippen LogP contribution >= 0.6 is 0 Å². The fraction of sp³-hybridized carbons (Fsp3) is 0.733. The third kappa shape index (κ3) is 9.05. The van der Waals surface area contributed by atoms with E-state index in [1.54, 1.807) is 0 Å². The molecule has 0 saturated heterocycles. The van der Waals surface area contributed by atoms with Crippen LogP contribution in [0.5, 0.6) is 0 Å². The van der Waals surface area contributed by atoms with E-state index in [1.165, 1.54) is 0 Å². The van der Waals surface area contributed by atoms with Gasteiger partial charge in [0.2, 0.25) is 17.7 Å². The molecular weight excluding hydrogens is 378 g/mol. The highest BCUT2D eigenvalue weighted by Gasteiger charge is 2.29. The number of nitrogens with one attached hydrogen (secondary N) is 3. The molecule has 0 fully saturated rings. The Morgan fingerprint density at radius 3 is 1.61 bits per heavy atom. The molecule has 0 aromatic rings. The lowest BCUT2D eigenvalue weighted by Crippen LogP contribution is -2.59. The molecule has 11 N–H and O–H groups in total. The van der Waals surface area contributed by atoms with E-state index >= 15 is 0 Å². The zero-order valence-electron chi connectivity index (χ0n) is 15.3. The van der Waals surface area contributed by atoms with Crippen molar-refractivity contribution in [2.75, 3.05) is 26.4 Å². The van der Waals surface area contributed by atoms with Crippen LogP contribution in [-0.4, -0.2) is 94.6 Å². The van der Waals surface area contributed by atoms with Gasteiger partial charge in [0.05, 0.1) is 19.8 Å². The van der Waals surface area contributed by atoms with Crippen LogP contribution < -0.4 is 27.4 Å². The molecule has 0 rings (SSSR count). The van der Waals surface area contributed by atoms with Crippen molar-refractivity contribution in [3.05, 3.63) is 0 Å².